The summed E-state index contributed by atoms with van der Waals surface area (Å²) in [5.41, 5.74) is 0. The number of fused-ring (bicyclic) bond motifs is 1. The summed E-state index contributed by atoms with van der Waals surface area (Å²) in [6, 6.07) is 0.401. The standard InChI is InChI=1S/C12H21F3N2/c1-9(2)11-7-16-5-3-4-10(16)6-17(11)8-12(13,14)15/h9-11H,3-8H2,1-2H3. The first-order valence-corrected chi connectivity index (χ1v) is 6.41. The molecule has 100 valence electrons. The van der Waals surface area contributed by atoms with Crippen molar-refractivity contribution in [1.82, 2.24) is 9.80 Å². The lowest BCUT2D eigenvalue weighted by atomic mass is 9.97. The summed E-state index contributed by atoms with van der Waals surface area (Å²) in [6.45, 7) is 5.74. The maximum atomic E-state index is 12.6. The van der Waals surface area contributed by atoms with Crippen molar-refractivity contribution < 1.29 is 13.2 Å². The van der Waals surface area contributed by atoms with Crippen molar-refractivity contribution in [2.45, 2.75) is 44.9 Å². The number of nitrogens with zero attached hydrogens (tertiary/aromatic N) is 2. The summed E-state index contributed by atoms with van der Waals surface area (Å²) in [6.07, 6.45) is -1.89. The van der Waals surface area contributed by atoms with Crippen LogP contribution >= 0.6 is 0 Å². The van der Waals surface area contributed by atoms with E-state index in [0.717, 1.165) is 25.9 Å². The molecule has 2 atom stereocenters. The Kier molecular flexibility index (Phi) is 3.69. The molecule has 0 aromatic rings. The van der Waals surface area contributed by atoms with E-state index >= 15 is 0 Å². The quantitative estimate of drug-likeness (QED) is 0.742. The fourth-order valence-corrected chi connectivity index (χ4v) is 3.15. The monoisotopic (exact) mass is 250 g/mol. The van der Waals surface area contributed by atoms with Gasteiger partial charge in [-0.3, -0.25) is 9.80 Å². The number of piperazine rings is 1. The highest BCUT2D eigenvalue weighted by molar-refractivity contribution is 4.93. The van der Waals surface area contributed by atoms with Gasteiger partial charge in [-0.25, -0.2) is 0 Å². The van der Waals surface area contributed by atoms with Gasteiger partial charge in [0, 0.05) is 25.2 Å². The van der Waals surface area contributed by atoms with Crippen LogP contribution in [0.3, 0.4) is 0 Å². The minimum Gasteiger partial charge on any atom is -0.298 e. The smallest absolute Gasteiger partial charge is 0.298 e. The third-order valence-corrected chi connectivity index (χ3v) is 3.99. The number of rotatable bonds is 2. The third kappa shape index (κ3) is 3.13. The summed E-state index contributed by atoms with van der Waals surface area (Å²) in [7, 11) is 0. The second-order valence-electron chi connectivity index (χ2n) is 5.65. The van der Waals surface area contributed by atoms with Crippen LogP contribution in [0.25, 0.3) is 0 Å². The lowest BCUT2D eigenvalue weighted by Gasteiger charge is -2.45. The predicted molar refractivity (Wildman–Crippen MR) is 60.8 cm³/mol. The molecule has 2 unspecified atom stereocenters. The molecule has 0 aromatic carbocycles. The number of hydrogen-bond donors (Lipinski definition) is 0. The van der Waals surface area contributed by atoms with E-state index in [4.69, 9.17) is 0 Å². The van der Waals surface area contributed by atoms with Crippen LogP contribution in [0, 0.1) is 5.92 Å². The summed E-state index contributed by atoms with van der Waals surface area (Å²) < 4.78 is 37.7. The van der Waals surface area contributed by atoms with E-state index in [2.05, 4.69) is 4.90 Å². The van der Waals surface area contributed by atoms with Crippen molar-refractivity contribution in [3.05, 3.63) is 0 Å². The Morgan fingerprint density at radius 3 is 2.53 bits per heavy atom. The third-order valence-electron chi connectivity index (χ3n) is 3.99. The summed E-state index contributed by atoms with van der Waals surface area (Å²) in [4.78, 5) is 4.02. The van der Waals surface area contributed by atoms with E-state index in [1.165, 1.54) is 0 Å². The van der Waals surface area contributed by atoms with Crippen LogP contribution in [0.15, 0.2) is 0 Å². The largest absolute Gasteiger partial charge is 0.401 e. The molecule has 0 N–H and O–H groups in total. The van der Waals surface area contributed by atoms with Crippen LogP contribution < -0.4 is 0 Å². The summed E-state index contributed by atoms with van der Waals surface area (Å²) in [5, 5.41) is 0. The van der Waals surface area contributed by atoms with Crippen LogP contribution in [0.4, 0.5) is 13.2 Å². The van der Waals surface area contributed by atoms with Crippen LogP contribution in [-0.4, -0.2) is 54.2 Å². The molecule has 0 aliphatic carbocycles. The van der Waals surface area contributed by atoms with Gasteiger partial charge in [0.1, 0.15) is 0 Å². The van der Waals surface area contributed by atoms with Gasteiger partial charge in [0.25, 0.3) is 0 Å². The second kappa shape index (κ2) is 4.76. The van der Waals surface area contributed by atoms with Gasteiger partial charge in [0.05, 0.1) is 6.54 Å². The highest BCUT2D eigenvalue weighted by Gasteiger charge is 2.41. The van der Waals surface area contributed by atoms with E-state index in [9.17, 15) is 13.2 Å². The first-order valence-electron chi connectivity index (χ1n) is 6.41. The molecule has 2 fully saturated rings. The minimum absolute atomic E-state index is 0.0472. The van der Waals surface area contributed by atoms with Gasteiger partial charge in [-0.05, 0) is 25.3 Å². The molecular formula is C12H21F3N2. The highest BCUT2D eigenvalue weighted by Crippen LogP contribution is 2.29. The molecule has 0 amide bonds. The minimum atomic E-state index is -4.08. The van der Waals surface area contributed by atoms with Crippen molar-refractivity contribution >= 4 is 0 Å². The van der Waals surface area contributed by atoms with Gasteiger partial charge >= 0.3 is 6.18 Å². The molecule has 0 spiro atoms. The number of hydrogen-bond acceptors (Lipinski definition) is 2. The second-order valence-corrected chi connectivity index (χ2v) is 5.65. The maximum absolute atomic E-state index is 12.6. The number of halogens is 3. The molecule has 2 aliphatic rings. The molecule has 2 heterocycles. The average molecular weight is 250 g/mol. The lowest BCUT2D eigenvalue weighted by molar-refractivity contribution is -0.160. The predicted octanol–water partition coefficient (Wildman–Crippen LogP) is 2.35. The SMILES string of the molecule is CC(C)C1CN2CCCC2CN1CC(F)(F)F. The molecule has 2 saturated heterocycles. The van der Waals surface area contributed by atoms with Crippen molar-refractivity contribution in [2.24, 2.45) is 5.92 Å². The van der Waals surface area contributed by atoms with Crippen LogP contribution in [-0.2, 0) is 0 Å². The van der Waals surface area contributed by atoms with Gasteiger partial charge in [-0.1, -0.05) is 13.8 Å². The van der Waals surface area contributed by atoms with Crippen molar-refractivity contribution in [3.8, 4) is 0 Å². The zero-order valence-corrected chi connectivity index (χ0v) is 10.5. The fourth-order valence-electron chi connectivity index (χ4n) is 3.15. The normalized spacial score (nSPS) is 32.1. The Hall–Kier alpha value is -0.290. The van der Waals surface area contributed by atoms with E-state index in [0.29, 0.717) is 12.6 Å². The molecule has 0 bridgehead atoms. The van der Waals surface area contributed by atoms with Crippen molar-refractivity contribution in [3.63, 3.8) is 0 Å². The van der Waals surface area contributed by atoms with E-state index in [1.54, 1.807) is 4.90 Å². The average Bonchev–Trinajstić information content (AvgIpc) is 2.60. The molecule has 0 saturated carbocycles. The zero-order valence-electron chi connectivity index (χ0n) is 10.5. The van der Waals surface area contributed by atoms with Gasteiger partial charge < -0.3 is 0 Å². The maximum Gasteiger partial charge on any atom is 0.401 e. The first-order chi connectivity index (χ1) is 7.87. The zero-order chi connectivity index (χ0) is 12.6. The van der Waals surface area contributed by atoms with Gasteiger partial charge in [-0.15, -0.1) is 0 Å². The van der Waals surface area contributed by atoms with Crippen molar-refractivity contribution in [1.29, 1.82) is 0 Å². The Balaban J connectivity index is 2.05. The van der Waals surface area contributed by atoms with E-state index in [1.807, 2.05) is 13.8 Å². The molecule has 2 rings (SSSR count). The molecule has 2 nitrogen and oxygen atoms in total. The van der Waals surface area contributed by atoms with E-state index in [-0.39, 0.29) is 12.0 Å². The van der Waals surface area contributed by atoms with Gasteiger partial charge in [0.15, 0.2) is 0 Å². The fraction of sp³-hybridized carbons (Fsp3) is 1.00. The summed E-state index contributed by atoms with van der Waals surface area (Å²) >= 11 is 0. The molecule has 2 aliphatic heterocycles. The van der Waals surface area contributed by atoms with Gasteiger partial charge in [0.2, 0.25) is 0 Å². The first kappa shape index (κ1) is 13.1. The van der Waals surface area contributed by atoms with Crippen LogP contribution in [0.2, 0.25) is 0 Å². The topological polar surface area (TPSA) is 6.48 Å². The summed E-state index contributed by atoms with van der Waals surface area (Å²) in [5.74, 6) is 0.277. The molecular weight excluding hydrogens is 229 g/mol. The molecule has 0 radical (unpaired) electrons. The van der Waals surface area contributed by atoms with Gasteiger partial charge in [-0.2, -0.15) is 13.2 Å². The van der Waals surface area contributed by atoms with Crippen LogP contribution in [0.1, 0.15) is 26.7 Å². The molecule has 17 heavy (non-hydrogen) atoms. The van der Waals surface area contributed by atoms with Crippen molar-refractivity contribution in [2.75, 3.05) is 26.2 Å². The molecule has 5 heteroatoms. The number of alkyl halides is 3. The van der Waals surface area contributed by atoms with E-state index < -0.39 is 12.7 Å². The Bertz CT molecular complexity index is 265. The highest BCUT2D eigenvalue weighted by atomic mass is 19.4. The Labute approximate surface area is 101 Å². The lowest BCUT2D eigenvalue weighted by Crippen LogP contribution is -2.59. The molecule has 0 aromatic heterocycles. The van der Waals surface area contributed by atoms with Crippen LogP contribution in [0.5, 0.6) is 0 Å². The Morgan fingerprint density at radius 2 is 1.94 bits per heavy atom. The Morgan fingerprint density at radius 1 is 1.24 bits per heavy atom.